The molecule has 0 aliphatic carbocycles. The Bertz CT molecular complexity index is 1500. The Kier molecular flexibility index (Phi) is 11.3. The van der Waals surface area contributed by atoms with E-state index in [0.29, 0.717) is 30.9 Å². The summed E-state index contributed by atoms with van der Waals surface area (Å²) in [6.45, 7) is 6.65. The predicted octanol–water partition coefficient (Wildman–Crippen LogP) is 4.63. The van der Waals surface area contributed by atoms with Gasteiger partial charge in [-0.1, -0.05) is 49.3 Å². The molecule has 0 aromatic heterocycles. The van der Waals surface area contributed by atoms with Gasteiger partial charge in [0.25, 0.3) is 0 Å². The third-order valence-electron chi connectivity index (χ3n) is 9.12. The highest BCUT2D eigenvalue weighted by Crippen LogP contribution is 2.39. The van der Waals surface area contributed by atoms with Crippen LogP contribution in [0.5, 0.6) is 11.5 Å². The van der Waals surface area contributed by atoms with Crippen molar-refractivity contribution in [1.29, 1.82) is 0 Å². The van der Waals surface area contributed by atoms with Gasteiger partial charge in [-0.2, -0.15) is 0 Å². The minimum absolute atomic E-state index is 0.0146. The van der Waals surface area contributed by atoms with Crippen molar-refractivity contribution in [2.45, 2.75) is 94.0 Å². The Labute approximate surface area is 276 Å². The summed E-state index contributed by atoms with van der Waals surface area (Å²) >= 11 is 0. The van der Waals surface area contributed by atoms with Gasteiger partial charge in [0.15, 0.2) is 27.6 Å². The van der Waals surface area contributed by atoms with Crippen molar-refractivity contribution in [3.05, 3.63) is 54.1 Å². The number of nitrogens with one attached hydrogen (secondary N) is 1. The highest BCUT2D eigenvalue weighted by molar-refractivity contribution is 7.92. The van der Waals surface area contributed by atoms with Gasteiger partial charge in [-0.25, -0.2) is 13.2 Å². The number of sulfone groups is 1. The zero-order chi connectivity index (χ0) is 33.6. The number of alkyl carbamates (subject to hydrolysis) is 1. The van der Waals surface area contributed by atoms with E-state index in [9.17, 15) is 18.3 Å². The zero-order valence-corrected chi connectivity index (χ0v) is 28.2. The number of fused-ring (bicyclic) bond motifs is 2. The second-order valence-corrected chi connectivity index (χ2v) is 15.5. The lowest BCUT2D eigenvalue weighted by Crippen LogP contribution is -2.48. The van der Waals surface area contributed by atoms with Gasteiger partial charge in [0.1, 0.15) is 13.2 Å². The van der Waals surface area contributed by atoms with Gasteiger partial charge >= 0.3 is 6.09 Å². The molecule has 0 saturated carbocycles. The molecule has 1 amide bonds. The van der Waals surface area contributed by atoms with E-state index in [-0.39, 0.29) is 49.8 Å². The van der Waals surface area contributed by atoms with Crippen molar-refractivity contribution in [3.8, 4) is 11.5 Å². The Balaban J connectivity index is 1.38. The number of aliphatic hydroxyl groups excluding tert-OH is 1. The summed E-state index contributed by atoms with van der Waals surface area (Å²) in [6.07, 6.45) is -0.424. The number of aliphatic hydroxyl groups is 1. The molecule has 5 rings (SSSR count). The first-order valence-electron chi connectivity index (χ1n) is 16.1. The molecule has 3 aliphatic heterocycles. The number of benzene rings is 2. The van der Waals surface area contributed by atoms with E-state index in [2.05, 4.69) is 10.5 Å². The highest BCUT2D eigenvalue weighted by atomic mass is 32.2. The number of ether oxygens (including phenoxy) is 5. The third-order valence-corrected chi connectivity index (χ3v) is 11.3. The lowest BCUT2D eigenvalue weighted by atomic mass is 9.81. The molecule has 2 fully saturated rings. The van der Waals surface area contributed by atoms with Crippen molar-refractivity contribution < 1.29 is 46.8 Å². The average molecular weight is 675 g/mol. The Morgan fingerprint density at radius 3 is 2.66 bits per heavy atom. The number of hydrogen-bond acceptors (Lipinski definition) is 11. The molecule has 2 N–H and O–H groups in total. The fourth-order valence-electron chi connectivity index (χ4n) is 6.46. The number of nitrogens with zero attached hydrogens (tertiary/aromatic N) is 1. The minimum Gasteiger partial charge on any atom is -0.454 e. The molecule has 258 valence electrons. The number of hydrogen-bond donors (Lipinski definition) is 2. The molecular formula is C34H46N2O10S. The summed E-state index contributed by atoms with van der Waals surface area (Å²) in [7, 11) is -2.50. The van der Waals surface area contributed by atoms with Crippen molar-refractivity contribution in [1.82, 2.24) is 5.32 Å². The monoisotopic (exact) mass is 674 g/mol. The lowest BCUT2D eigenvalue weighted by Gasteiger charge is -2.33. The van der Waals surface area contributed by atoms with E-state index >= 15 is 0 Å². The predicted molar refractivity (Wildman–Crippen MR) is 173 cm³/mol. The third kappa shape index (κ3) is 8.95. The second-order valence-electron chi connectivity index (χ2n) is 13.3. The van der Waals surface area contributed by atoms with Gasteiger partial charge < -0.3 is 38.9 Å². The summed E-state index contributed by atoms with van der Waals surface area (Å²) in [5.41, 5.74) is 1.21. The van der Waals surface area contributed by atoms with Crippen LogP contribution in [0.1, 0.15) is 58.4 Å². The summed E-state index contributed by atoms with van der Waals surface area (Å²) in [5.74, 6) is 0.782. The van der Waals surface area contributed by atoms with Crippen LogP contribution in [0.2, 0.25) is 0 Å². The second kappa shape index (κ2) is 15.2. The maximum atomic E-state index is 14.3. The molecule has 0 spiro atoms. The molecule has 12 nitrogen and oxygen atoms in total. The average Bonchev–Trinajstić information content (AvgIpc) is 3.79. The molecule has 6 atom stereocenters. The largest absolute Gasteiger partial charge is 0.454 e. The van der Waals surface area contributed by atoms with Crippen LogP contribution in [-0.2, 0) is 35.3 Å². The van der Waals surface area contributed by atoms with Crippen LogP contribution < -0.4 is 14.8 Å². The van der Waals surface area contributed by atoms with Crippen LogP contribution in [0, 0.1) is 11.3 Å². The molecule has 3 heterocycles. The SMILES string of the molecule is CO/N=C(/C)CCC(C)(C)CC(CC(O)C(Cc1ccccc1)NC(=O)OC1COC2OCCC12)S(=O)(=O)c1ccc2c(c1)OCO2. The van der Waals surface area contributed by atoms with Crippen molar-refractivity contribution in [2.75, 3.05) is 27.1 Å². The highest BCUT2D eigenvalue weighted by Gasteiger charge is 2.44. The van der Waals surface area contributed by atoms with Crippen LogP contribution in [0.4, 0.5) is 4.79 Å². The minimum atomic E-state index is -3.99. The van der Waals surface area contributed by atoms with E-state index in [1.54, 1.807) is 6.07 Å². The molecule has 47 heavy (non-hydrogen) atoms. The van der Waals surface area contributed by atoms with Crippen molar-refractivity contribution >= 4 is 21.6 Å². The molecule has 2 aromatic carbocycles. The summed E-state index contributed by atoms with van der Waals surface area (Å²) in [6, 6.07) is 13.1. The van der Waals surface area contributed by atoms with Gasteiger partial charge in [-0.15, -0.1) is 0 Å². The van der Waals surface area contributed by atoms with Crippen LogP contribution in [-0.4, -0.2) is 82.2 Å². The van der Waals surface area contributed by atoms with Crippen LogP contribution in [0.15, 0.2) is 58.6 Å². The number of oxime groups is 1. The first-order valence-corrected chi connectivity index (χ1v) is 17.6. The van der Waals surface area contributed by atoms with Crippen molar-refractivity contribution in [3.63, 3.8) is 0 Å². The quantitative estimate of drug-likeness (QED) is 0.202. The van der Waals surface area contributed by atoms with E-state index in [0.717, 1.165) is 17.7 Å². The molecule has 0 radical (unpaired) electrons. The van der Waals surface area contributed by atoms with Gasteiger partial charge in [0.2, 0.25) is 6.79 Å². The fraction of sp³-hybridized carbons (Fsp3) is 0.588. The number of carbonyl (C=O) groups excluding carboxylic acids is 1. The standard InChI is InChI=1S/C34H46N2O10S/c1-22(36-41-4)12-14-34(2,3)19-25(47(39,40)24-10-11-29-30(18-24)45-21-44-29)17-28(37)27(16-23-8-6-5-7-9-23)35-33(38)46-31-20-43-32-26(31)13-15-42-32/h5-11,18,25-28,31-32,37H,12-17,19-21H2,1-4H3,(H,35,38)/b36-22-. The maximum absolute atomic E-state index is 14.3. The van der Waals surface area contributed by atoms with E-state index < -0.39 is 44.8 Å². The van der Waals surface area contributed by atoms with Gasteiger partial charge in [-0.3, -0.25) is 0 Å². The van der Waals surface area contributed by atoms with E-state index in [4.69, 9.17) is 28.5 Å². The van der Waals surface area contributed by atoms with Crippen molar-refractivity contribution in [2.24, 2.45) is 16.5 Å². The normalized spacial score (nSPS) is 22.7. The fourth-order valence-corrected chi connectivity index (χ4v) is 8.50. The van der Waals surface area contributed by atoms with Crippen LogP contribution in [0.25, 0.3) is 0 Å². The van der Waals surface area contributed by atoms with E-state index in [1.165, 1.54) is 19.2 Å². The Hall–Kier alpha value is -3.39. The molecule has 2 aromatic rings. The molecule has 2 saturated heterocycles. The molecular weight excluding hydrogens is 628 g/mol. The Morgan fingerprint density at radius 2 is 1.89 bits per heavy atom. The molecule has 0 bridgehead atoms. The molecule has 3 aliphatic rings. The first-order chi connectivity index (χ1) is 22.4. The number of rotatable bonds is 15. The zero-order valence-electron chi connectivity index (χ0n) is 27.4. The van der Waals surface area contributed by atoms with Gasteiger partial charge in [0.05, 0.1) is 47.1 Å². The topological polar surface area (TPSA) is 151 Å². The van der Waals surface area contributed by atoms with Gasteiger partial charge in [0, 0.05) is 6.07 Å². The summed E-state index contributed by atoms with van der Waals surface area (Å²) in [4.78, 5) is 18.2. The first kappa shape index (κ1) is 34.9. The van der Waals surface area contributed by atoms with Crippen LogP contribution in [0.3, 0.4) is 0 Å². The maximum Gasteiger partial charge on any atom is 0.407 e. The molecule has 6 unspecified atom stereocenters. The molecule has 13 heteroatoms. The lowest BCUT2D eigenvalue weighted by molar-refractivity contribution is -0.0907. The summed E-state index contributed by atoms with van der Waals surface area (Å²) in [5, 5.41) is 17.6. The van der Waals surface area contributed by atoms with E-state index in [1.807, 2.05) is 51.1 Å². The number of carbonyl (C=O) groups is 1. The van der Waals surface area contributed by atoms with Crippen LogP contribution >= 0.6 is 0 Å². The smallest absolute Gasteiger partial charge is 0.407 e. The summed E-state index contributed by atoms with van der Waals surface area (Å²) < 4.78 is 56.5. The number of amides is 1. The van der Waals surface area contributed by atoms with Gasteiger partial charge in [-0.05, 0) is 68.6 Å². The Morgan fingerprint density at radius 1 is 1.13 bits per heavy atom.